The van der Waals surface area contributed by atoms with Crippen molar-refractivity contribution >= 4 is 0 Å². The molecule has 0 amide bonds. The van der Waals surface area contributed by atoms with E-state index >= 15 is 0 Å². The standard InChI is InChI=1S/C18H22O2/c1-12(2)14-5-7-15(8-6-14)18(19)17-10-9-16(20-4)11-13(17)3/h5-12,18-19H,1-4H3. The summed E-state index contributed by atoms with van der Waals surface area (Å²) in [4.78, 5) is 0. The van der Waals surface area contributed by atoms with Crippen LogP contribution in [-0.2, 0) is 0 Å². The van der Waals surface area contributed by atoms with Crippen LogP contribution in [0.15, 0.2) is 42.5 Å². The molecule has 20 heavy (non-hydrogen) atoms. The van der Waals surface area contributed by atoms with E-state index in [2.05, 4.69) is 26.0 Å². The SMILES string of the molecule is COc1ccc(C(O)c2ccc(C(C)C)cc2)c(C)c1. The maximum Gasteiger partial charge on any atom is 0.119 e. The summed E-state index contributed by atoms with van der Waals surface area (Å²) in [5.41, 5.74) is 4.16. The Labute approximate surface area is 121 Å². The molecular weight excluding hydrogens is 248 g/mol. The number of methoxy groups -OCH3 is 1. The number of aliphatic hydroxyl groups excluding tert-OH is 1. The fourth-order valence-electron chi connectivity index (χ4n) is 2.32. The van der Waals surface area contributed by atoms with E-state index < -0.39 is 6.10 Å². The van der Waals surface area contributed by atoms with Crippen LogP contribution in [0, 0.1) is 6.92 Å². The van der Waals surface area contributed by atoms with Crippen molar-refractivity contribution < 1.29 is 9.84 Å². The van der Waals surface area contributed by atoms with Crippen LogP contribution >= 0.6 is 0 Å². The van der Waals surface area contributed by atoms with Crippen LogP contribution in [0.1, 0.15) is 48.1 Å². The third-order valence-corrected chi connectivity index (χ3v) is 3.69. The van der Waals surface area contributed by atoms with Gasteiger partial charge in [-0.1, -0.05) is 44.2 Å². The summed E-state index contributed by atoms with van der Waals surface area (Å²) >= 11 is 0. The van der Waals surface area contributed by atoms with Gasteiger partial charge in [-0.05, 0) is 47.2 Å². The first-order valence-electron chi connectivity index (χ1n) is 6.95. The second kappa shape index (κ2) is 6.10. The lowest BCUT2D eigenvalue weighted by molar-refractivity contribution is 0.219. The molecule has 1 atom stereocenters. The molecule has 0 aromatic heterocycles. The molecule has 0 radical (unpaired) electrons. The topological polar surface area (TPSA) is 29.5 Å². The highest BCUT2D eigenvalue weighted by Crippen LogP contribution is 2.28. The highest BCUT2D eigenvalue weighted by Gasteiger charge is 2.13. The Hall–Kier alpha value is -1.80. The highest BCUT2D eigenvalue weighted by molar-refractivity contribution is 5.40. The number of hydrogen-bond acceptors (Lipinski definition) is 2. The number of hydrogen-bond donors (Lipinski definition) is 1. The fraction of sp³-hybridized carbons (Fsp3) is 0.333. The van der Waals surface area contributed by atoms with E-state index in [1.54, 1.807) is 7.11 Å². The molecule has 2 rings (SSSR count). The summed E-state index contributed by atoms with van der Waals surface area (Å²) in [6.07, 6.45) is -0.595. The lowest BCUT2D eigenvalue weighted by atomic mass is 9.95. The largest absolute Gasteiger partial charge is 0.497 e. The predicted octanol–water partition coefficient (Wildman–Crippen LogP) is 4.21. The monoisotopic (exact) mass is 270 g/mol. The van der Waals surface area contributed by atoms with Gasteiger partial charge in [-0.3, -0.25) is 0 Å². The maximum absolute atomic E-state index is 10.5. The highest BCUT2D eigenvalue weighted by atomic mass is 16.5. The van der Waals surface area contributed by atoms with Crippen molar-refractivity contribution in [2.75, 3.05) is 7.11 Å². The zero-order valence-electron chi connectivity index (χ0n) is 12.6. The van der Waals surface area contributed by atoms with Gasteiger partial charge in [0.05, 0.1) is 7.11 Å². The molecule has 2 nitrogen and oxygen atoms in total. The third kappa shape index (κ3) is 3.02. The minimum atomic E-state index is -0.595. The Morgan fingerprint density at radius 1 is 0.950 bits per heavy atom. The molecule has 0 spiro atoms. The van der Waals surface area contributed by atoms with Gasteiger partial charge >= 0.3 is 0 Å². The van der Waals surface area contributed by atoms with Crippen LogP contribution in [0.25, 0.3) is 0 Å². The Balaban J connectivity index is 2.28. The van der Waals surface area contributed by atoms with Gasteiger partial charge in [0.25, 0.3) is 0 Å². The van der Waals surface area contributed by atoms with Crippen LogP contribution in [0.5, 0.6) is 5.75 Å². The van der Waals surface area contributed by atoms with E-state index in [1.807, 2.05) is 37.3 Å². The summed E-state index contributed by atoms with van der Waals surface area (Å²) in [5.74, 6) is 1.32. The first-order valence-corrected chi connectivity index (χ1v) is 6.95. The number of aryl methyl sites for hydroxylation is 1. The van der Waals surface area contributed by atoms with Crippen molar-refractivity contribution in [1.82, 2.24) is 0 Å². The summed E-state index contributed by atoms with van der Waals surface area (Å²) in [6, 6.07) is 13.9. The fourth-order valence-corrected chi connectivity index (χ4v) is 2.32. The smallest absolute Gasteiger partial charge is 0.119 e. The van der Waals surface area contributed by atoms with Gasteiger partial charge in [-0.15, -0.1) is 0 Å². The van der Waals surface area contributed by atoms with Crippen LogP contribution < -0.4 is 4.74 Å². The third-order valence-electron chi connectivity index (χ3n) is 3.69. The molecule has 1 N–H and O–H groups in total. The predicted molar refractivity (Wildman–Crippen MR) is 82.3 cm³/mol. The molecular formula is C18H22O2. The zero-order chi connectivity index (χ0) is 14.7. The first-order chi connectivity index (χ1) is 9.52. The van der Waals surface area contributed by atoms with Crippen LogP contribution in [0.2, 0.25) is 0 Å². The number of aliphatic hydroxyl groups is 1. The van der Waals surface area contributed by atoms with Crippen molar-refractivity contribution in [2.24, 2.45) is 0 Å². The second-order valence-electron chi connectivity index (χ2n) is 5.45. The van der Waals surface area contributed by atoms with E-state index in [9.17, 15) is 5.11 Å². The number of benzene rings is 2. The molecule has 0 aliphatic rings. The molecule has 0 aliphatic carbocycles. The molecule has 0 saturated heterocycles. The molecule has 106 valence electrons. The average molecular weight is 270 g/mol. The molecule has 0 bridgehead atoms. The van der Waals surface area contributed by atoms with Gasteiger partial charge in [0.15, 0.2) is 0 Å². The molecule has 0 aliphatic heterocycles. The Morgan fingerprint density at radius 3 is 2.05 bits per heavy atom. The van der Waals surface area contributed by atoms with Gasteiger partial charge in [0.2, 0.25) is 0 Å². The molecule has 1 unspecified atom stereocenters. The molecule has 2 aromatic carbocycles. The van der Waals surface area contributed by atoms with E-state index in [-0.39, 0.29) is 0 Å². The number of rotatable bonds is 4. The lowest BCUT2D eigenvalue weighted by Crippen LogP contribution is -2.02. The van der Waals surface area contributed by atoms with E-state index in [1.165, 1.54) is 5.56 Å². The molecule has 2 heteroatoms. The van der Waals surface area contributed by atoms with E-state index in [0.29, 0.717) is 5.92 Å². The Kier molecular flexibility index (Phi) is 4.46. The van der Waals surface area contributed by atoms with Crippen molar-refractivity contribution in [3.05, 3.63) is 64.7 Å². The average Bonchev–Trinajstić information content (AvgIpc) is 2.46. The molecule has 0 fully saturated rings. The first kappa shape index (κ1) is 14.6. The van der Waals surface area contributed by atoms with Gasteiger partial charge in [0.1, 0.15) is 11.9 Å². The quantitative estimate of drug-likeness (QED) is 0.901. The van der Waals surface area contributed by atoms with E-state index in [0.717, 1.165) is 22.4 Å². The van der Waals surface area contributed by atoms with Gasteiger partial charge < -0.3 is 9.84 Å². The molecule has 0 heterocycles. The second-order valence-corrected chi connectivity index (χ2v) is 5.45. The molecule has 0 saturated carbocycles. The maximum atomic E-state index is 10.5. The van der Waals surface area contributed by atoms with Crippen molar-refractivity contribution in [2.45, 2.75) is 32.8 Å². The van der Waals surface area contributed by atoms with Crippen LogP contribution in [-0.4, -0.2) is 12.2 Å². The van der Waals surface area contributed by atoms with Crippen molar-refractivity contribution in [3.63, 3.8) is 0 Å². The van der Waals surface area contributed by atoms with Crippen molar-refractivity contribution in [1.29, 1.82) is 0 Å². The Bertz CT molecular complexity index is 570. The summed E-state index contributed by atoms with van der Waals surface area (Å²) in [7, 11) is 1.65. The lowest BCUT2D eigenvalue weighted by Gasteiger charge is -2.16. The minimum absolute atomic E-state index is 0.504. The van der Waals surface area contributed by atoms with Crippen molar-refractivity contribution in [3.8, 4) is 5.75 Å². The summed E-state index contributed by atoms with van der Waals surface area (Å²) in [6.45, 7) is 6.32. The number of ether oxygens (including phenoxy) is 1. The van der Waals surface area contributed by atoms with Gasteiger partial charge in [-0.2, -0.15) is 0 Å². The summed E-state index contributed by atoms with van der Waals surface area (Å²) in [5, 5.41) is 10.5. The van der Waals surface area contributed by atoms with E-state index in [4.69, 9.17) is 4.74 Å². The Morgan fingerprint density at radius 2 is 1.55 bits per heavy atom. The van der Waals surface area contributed by atoms with Gasteiger partial charge in [-0.25, -0.2) is 0 Å². The van der Waals surface area contributed by atoms with Crippen LogP contribution in [0.3, 0.4) is 0 Å². The normalized spacial score (nSPS) is 12.5. The summed E-state index contributed by atoms with van der Waals surface area (Å²) < 4.78 is 5.20. The minimum Gasteiger partial charge on any atom is -0.497 e. The van der Waals surface area contributed by atoms with Gasteiger partial charge in [0, 0.05) is 0 Å². The van der Waals surface area contributed by atoms with Crippen LogP contribution in [0.4, 0.5) is 0 Å². The molecule has 2 aromatic rings. The zero-order valence-corrected chi connectivity index (χ0v) is 12.6.